The summed E-state index contributed by atoms with van der Waals surface area (Å²) in [6.07, 6.45) is 0. The summed E-state index contributed by atoms with van der Waals surface area (Å²) in [5.74, 6) is -0.238. The molecule has 0 aromatic heterocycles. The lowest BCUT2D eigenvalue weighted by atomic mass is 10.3. The third-order valence-electron chi connectivity index (χ3n) is 1.55. The first-order valence-electron chi connectivity index (χ1n) is 4.10. The van der Waals surface area contributed by atoms with Gasteiger partial charge in [-0.25, -0.2) is 4.39 Å². The van der Waals surface area contributed by atoms with Gasteiger partial charge < -0.3 is 15.2 Å². The van der Waals surface area contributed by atoms with Gasteiger partial charge in [-0.05, 0) is 13.0 Å². The highest BCUT2D eigenvalue weighted by Gasteiger charge is 2.06. The highest BCUT2D eigenvalue weighted by Crippen LogP contribution is 2.28. The number of rotatable bonds is 4. The van der Waals surface area contributed by atoms with Gasteiger partial charge in [-0.1, -0.05) is 11.6 Å². The zero-order valence-corrected chi connectivity index (χ0v) is 8.47. The van der Waals surface area contributed by atoms with Crippen LogP contribution in [0.3, 0.4) is 0 Å². The van der Waals surface area contributed by atoms with Gasteiger partial charge in [0.2, 0.25) is 0 Å². The average Bonchev–Trinajstić information content (AvgIpc) is 2.14. The third-order valence-corrected chi connectivity index (χ3v) is 1.85. The van der Waals surface area contributed by atoms with Crippen LogP contribution in [-0.2, 0) is 4.74 Å². The fraction of sp³-hybridized carbons (Fsp3) is 0.333. The van der Waals surface area contributed by atoms with Gasteiger partial charge in [0.25, 0.3) is 0 Å². The third kappa shape index (κ3) is 2.75. The molecule has 3 nitrogen and oxygen atoms in total. The lowest BCUT2D eigenvalue weighted by molar-refractivity contribution is 0.0225. The Labute approximate surface area is 86.6 Å². The van der Waals surface area contributed by atoms with E-state index in [9.17, 15) is 4.39 Å². The molecule has 5 heteroatoms. The van der Waals surface area contributed by atoms with Gasteiger partial charge in [-0.2, -0.15) is 0 Å². The van der Waals surface area contributed by atoms with Crippen molar-refractivity contribution in [2.75, 3.05) is 19.1 Å². The van der Waals surface area contributed by atoms with Gasteiger partial charge in [0, 0.05) is 12.7 Å². The van der Waals surface area contributed by atoms with Crippen LogP contribution in [0.25, 0.3) is 0 Å². The molecule has 0 aliphatic carbocycles. The Hall–Kier alpha value is -1.00. The molecule has 0 atom stereocenters. The fourth-order valence-electron chi connectivity index (χ4n) is 0.844. The van der Waals surface area contributed by atoms with E-state index >= 15 is 0 Å². The van der Waals surface area contributed by atoms with Crippen LogP contribution in [0.5, 0.6) is 5.75 Å². The lowest BCUT2D eigenvalue weighted by Gasteiger charge is -2.08. The van der Waals surface area contributed by atoms with E-state index in [2.05, 4.69) is 0 Å². The van der Waals surface area contributed by atoms with Gasteiger partial charge >= 0.3 is 0 Å². The SMILES string of the molecule is CCOCOc1cc(N)c(F)cc1Cl. The molecule has 0 heterocycles. The van der Waals surface area contributed by atoms with Gasteiger partial charge in [-0.15, -0.1) is 0 Å². The molecular weight excluding hydrogens is 209 g/mol. The van der Waals surface area contributed by atoms with E-state index in [1.807, 2.05) is 6.92 Å². The lowest BCUT2D eigenvalue weighted by Crippen LogP contribution is -2.03. The Morgan fingerprint density at radius 2 is 2.21 bits per heavy atom. The van der Waals surface area contributed by atoms with E-state index < -0.39 is 5.82 Å². The molecule has 0 saturated heterocycles. The standard InChI is InChI=1S/C9H11ClFNO2/c1-2-13-5-14-9-4-8(12)7(11)3-6(9)10/h3-4H,2,5,12H2,1H3. The maximum absolute atomic E-state index is 12.9. The molecule has 0 fully saturated rings. The largest absolute Gasteiger partial charge is 0.466 e. The van der Waals surface area contributed by atoms with Gasteiger partial charge in [0.1, 0.15) is 11.6 Å². The molecule has 14 heavy (non-hydrogen) atoms. The zero-order valence-electron chi connectivity index (χ0n) is 7.72. The Kier molecular flexibility index (Phi) is 3.98. The van der Waals surface area contributed by atoms with E-state index in [0.29, 0.717) is 12.4 Å². The molecule has 0 spiro atoms. The number of hydrogen-bond acceptors (Lipinski definition) is 3. The Balaban J connectivity index is 2.72. The van der Waals surface area contributed by atoms with Crippen LogP contribution < -0.4 is 10.5 Å². The predicted octanol–water partition coefficient (Wildman–Crippen LogP) is 2.43. The number of nitrogen functional groups attached to an aromatic ring is 1. The fourth-order valence-corrected chi connectivity index (χ4v) is 1.05. The summed E-state index contributed by atoms with van der Waals surface area (Å²) in [6.45, 7) is 2.44. The van der Waals surface area contributed by atoms with Crippen LogP contribution >= 0.6 is 11.6 Å². The minimum absolute atomic E-state index is 0.000832. The van der Waals surface area contributed by atoms with Crippen molar-refractivity contribution in [3.8, 4) is 5.75 Å². The maximum atomic E-state index is 12.9. The van der Waals surface area contributed by atoms with E-state index in [1.165, 1.54) is 6.07 Å². The maximum Gasteiger partial charge on any atom is 0.189 e. The molecule has 0 radical (unpaired) electrons. The Bertz CT molecular complexity index is 320. The number of hydrogen-bond donors (Lipinski definition) is 1. The highest BCUT2D eigenvalue weighted by atomic mass is 35.5. The number of ether oxygens (including phenoxy) is 2. The number of halogens is 2. The summed E-state index contributed by atoms with van der Waals surface area (Å²) in [5, 5.41) is 0.177. The topological polar surface area (TPSA) is 44.5 Å². The summed E-state index contributed by atoms with van der Waals surface area (Å²) in [7, 11) is 0. The van der Waals surface area contributed by atoms with Crippen molar-refractivity contribution in [3.63, 3.8) is 0 Å². The zero-order chi connectivity index (χ0) is 10.6. The second kappa shape index (κ2) is 5.02. The van der Waals surface area contributed by atoms with Crippen LogP contribution in [0.1, 0.15) is 6.92 Å². The van der Waals surface area contributed by atoms with Crippen LogP contribution in [0.4, 0.5) is 10.1 Å². The van der Waals surface area contributed by atoms with Crippen LogP contribution in [0.15, 0.2) is 12.1 Å². The first-order valence-corrected chi connectivity index (χ1v) is 4.48. The molecule has 0 unspecified atom stereocenters. The van der Waals surface area contributed by atoms with Gasteiger partial charge in [-0.3, -0.25) is 0 Å². The molecular formula is C9H11ClFNO2. The normalized spacial score (nSPS) is 10.2. The summed E-state index contributed by atoms with van der Waals surface area (Å²) < 4.78 is 22.9. The van der Waals surface area contributed by atoms with Crippen molar-refractivity contribution < 1.29 is 13.9 Å². The highest BCUT2D eigenvalue weighted by molar-refractivity contribution is 6.32. The monoisotopic (exact) mass is 219 g/mol. The molecule has 0 bridgehead atoms. The summed E-state index contributed by atoms with van der Waals surface area (Å²) >= 11 is 5.70. The van der Waals surface area contributed by atoms with E-state index in [-0.39, 0.29) is 17.5 Å². The quantitative estimate of drug-likeness (QED) is 0.481. The van der Waals surface area contributed by atoms with Gasteiger partial charge in [0.15, 0.2) is 6.79 Å². The van der Waals surface area contributed by atoms with Crippen molar-refractivity contribution in [2.45, 2.75) is 6.92 Å². The number of anilines is 1. The van der Waals surface area contributed by atoms with Crippen molar-refractivity contribution >= 4 is 17.3 Å². The van der Waals surface area contributed by atoms with E-state index in [0.717, 1.165) is 6.07 Å². The van der Waals surface area contributed by atoms with Crippen molar-refractivity contribution in [3.05, 3.63) is 23.0 Å². The van der Waals surface area contributed by atoms with Crippen LogP contribution in [0.2, 0.25) is 5.02 Å². The van der Waals surface area contributed by atoms with Crippen molar-refractivity contribution in [1.29, 1.82) is 0 Å². The van der Waals surface area contributed by atoms with Crippen molar-refractivity contribution in [1.82, 2.24) is 0 Å². The number of benzene rings is 1. The van der Waals surface area contributed by atoms with E-state index in [1.54, 1.807) is 0 Å². The number of nitrogens with two attached hydrogens (primary N) is 1. The molecule has 1 aromatic carbocycles. The minimum atomic E-state index is -0.557. The molecule has 78 valence electrons. The second-order valence-electron chi connectivity index (χ2n) is 2.56. The molecule has 0 amide bonds. The first-order chi connectivity index (χ1) is 6.65. The summed E-state index contributed by atoms with van der Waals surface area (Å²) in [4.78, 5) is 0. The van der Waals surface area contributed by atoms with Crippen LogP contribution in [0, 0.1) is 5.82 Å². The van der Waals surface area contributed by atoms with Gasteiger partial charge in [0.05, 0.1) is 10.7 Å². The predicted molar refractivity (Wildman–Crippen MR) is 52.9 cm³/mol. The first kappa shape index (κ1) is 11.1. The summed E-state index contributed by atoms with van der Waals surface area (Å²) in [5.41, 5.74) is 5.34. The van der Waals surface area contributed by atoms with Crippen LogP contribution in [-0.4, -0.2) is 13.4 Å². The Morgan fingerprint density at radius 1 is 1.50 bits per heavy atom. The molecule has 1 aromatic rings. The Morgan fingerprint density at radius 3 is 2.86 bits per heavy atom. The molecule has 0 aliphatic rings. The van der Waals surface area contributed by atoms with Crippen molar-refractivity contribution in [2.24, 2.45) is 0 Å². The second-order valence-corrected chi connectivity index (χ2v) is 2.97. The molecule has 0 saturated carbocycles. The molecule has 2 N–H and O–H groups in total. The van der Waals surface area contributed by atoms with E-state index in [4.69, 9.17) is 26.8 Å². The summed E-state index contributed by atoms with van der Waals surface area (Å²) in [6, 6.07) is 2.44. The average molecular weight is 220 g/mol. The molecule has 1 rings (SSSR count). The molecule has 0 aliphatic heterocycles. The minimum Gasteiger partial charge on any atom is -0.466 e. The smallest absolute Gasteiger partial charge is 0.189 e.